The van der Waals surface area contributed by atoms with Crippen LogP contribution in [-0.4, -0.2) is 19.0 Å². The molecule has 0 spiro atoms. The van der Waals surface area contributed by atoms with E-state index in [0.29, 0.717) is 12.0 Å². The molecule has 21 heavy (non-hydrogen) atoms. The number of hydrogen-bond acceptors (Lipinski definition) is 2. The summed E-state index contributed by atoms with van der Waals surface area (Å²) in [5.41, 5.74) is 9.76. The van der Waals surface area contributed by atoms with E-state index in [1.165, 1.54) is 16.7 Å². The second-order valence-corrected chi connectivity index (χ2v) is 5.55. The van der Waals surface area contributed by atoms with Gasteiger partial charge in [-0.2, -0.15) is 0 Å². The van der Waals surface area contributed by atoms with Crippen LogP contribution in [0.1, 0.15) is 23.3 Å². The number of benzene rings is 1. The highest BCUT2D eigenvalue weighted by molar-refractivity contribution is 5.78. The minimum atomic E-state index is 0.356. The van der Waals surface area contributed by atoms with Crippen molar-refractivity contribution in [3.8, 4) is 11.3 Å². The van der Waals surface area contributed by atoms with Gasteiger partial charge in [0, 0.05) is 18.7 Å². The lowest BCUT2D eigenvalue weighted by atomic mass is 9.85. The molecule has 0 bridgehead atoms. The molecule has 0 amide bonds. The molecule has 0 fully saturated rings. The fourth-order valence-electron chi connectivity index (χ4n) is 3.01. The van der Waals surface area contributed by atoms with Gasteiger partial charge < -0.3 is 15.5 Å². The van der Waals surface area contributed by atoms with Crippen molar-refractivity contribution in [2.75, 3.05) is 7.05 Å². The number of aliphatic imine (C=N–C) groups is 1. The fraction of sp³-hybridized carbons (Fsp3) is 0.353. The molecule has 4 heteroatoms. The highest BCUT2D eigenvalue weighted by Gasteiger charge is 2.22. The Morgan fingerprint density at radius 1 is 1.33 bits per heavy atom. The molecule has 2 aromatic rings. The highest BCUT2D eigenvalue weighted by Crippen LogP contribution is 2.32. The first kappa shape index (κ1) is 13.7. The van der Waals surface area contributed by atoms with Gasteiger partial charge in [0.1, 0.15) is 11.5 Å². The number of furan rings is 1. The molecule has 3 N–H and O–H groups in total. The van der Waals surface area contributed by atoms with Crippen molar-refractivity contribution in [3.05, 3.63) is 47.2 Å². The van der Waals surface area contributed by atoms with Gasteiger partial charge in [0.2, 0.25) is 0 Å². The molecule has 1 aliphatic rings. The normalized spacial score (nSPS) is 18.4. The summed E-state index contributed by atoms with van der Waals surface area (Å²) in [5, 5.41) is 3.28. The maximum absolute atomic E-state index is 5.79. The maximum atomic E-state index is 5.79. The van der Waals surface area contributed by atoms with Crippen molar-refractivity contribution < 1.29 is 4.42 Å². The number of aryl methyl sites for hydroxylation is 1. The van der Waals surface area contributed by atoms with Crippen LogP contribution in [0.5, 0.6) is 0 Å². The summed E-state index contributed by atoms with van der Waals surface area (Å²) < 4.78 is 5.79. The molecule has 0 radical (unpaired) electrons. The average molecular weight is 283 g/mol. The number of nitrogens with zero attached hydrogens (tertiary/aromatic N) is 1. The minimum Gasteiger partial charge on any atom is -0.461 e. The van der Waals surface area contributed by atoms with E-state index in [1.54, 1.807) is 7.05 Å². The van der Waals surface area contributed by atoms with Gasteiger partial charge in [-0.25, -0.2) is 0 Å². The van der Waals surface area contributed by atoms with Gasteiger partial charge in [-0.3, -0.25) is 4.99 Å². The molecule has 4 nitrogen and oxygen atoms in total. The Morgan fingerprint density at radius 3 is 2.90 bits per heavy atom. The molecular formula is C17H21N3O. The van der Waals surface area contributed by atoms with E-state index in [0.717, 1.165) is 30.8 Å². The van der Waals surface area contributed by atoms with Crippen LogP contribution >= 0.6 is 0 Å². The van der Waals surface area contributed by atoms with E-state index in [-0.39, 0.29) is 0 Å². The van der Waals surface area contributed by atoms with E-state index in [2.05, 4.69) is 34.6 Å². The van der Waals surface area contributed by atoms with Crippen molar-refractivity contribution in [1.82, 2.24) is 5.32 Å². The van der Waals surface area contributed by atoms with Crippen LogP contribution in [0.2, 0.25) is 0 Å². The zero-order chi connectivity index (χ0) is 14.8. The molecule has 1 atom stereocenters. The van der Waals surface area contributed by atoms with Crippen LogP contribution in [0, 0.1) is 6.92 Å². The number of nitrogens with one attached hydrogen (secondary N) is 1. The van der Waals surface area contributed by atoms with Gasteiger partial charge in [-0.05, 0) is 49.4 Å². The van der Waals surface area contributed by atoms with Crippen LogP contribution in [0.4, 0.5) is 0 Å². The molecule has 1 aromatic heterocycles. The third-order valence-corrected chi connectivity index (χ3v) is 4.08. The third-order valence-electron chi connectivity index (χ3n) is 4.08. The lowest BCUT2D eigenvalue weighted by Crippen LogP contribution is -2.42. The molecular weight excluding hydrogens is 262 g/mol. The summed E-state index contributed by atoms with van der Waals surface area (Å²) in [5.74, 6) is 2.43. The summed E-state index contributed by atoms with van der Waals surface area (Å²) >= 11 is 0. The molecule has 0 aliphatic heterocycles. The Morgan fingerprint density at radius 2 is 2.19 bits per heavy atom. The van der Waals surface area contributed by atoms with Crippen molar-refractivity contribution >= 4 is 5.96 Å². The van der Waals surface area contributed by atoms with Gasteiger partial charge in [0.05, 0.1) is 0 Å². The van der Waals surface area contributed by atoms with Crippen molar-refractivity contribution in [2.45, 2.75) is 32.2 Å². The van der Waals surface area contributed by atoms with Gasteiger partial charge in [-0.15, -0.1) is 0 Å². The molecule has 0 saturated heterocycles. The molecule has 0 saturated carbocycles. The number of nitrogens with two attached hydrogens (primary N) is 1. The molecule has 1 unspecified atom stereocenters. The molecule has 1 aromatic carbocycles. The topological polar surface area (TPSA) is 63.5 Å². The zero-order valence-electron chi connectivity index (χ0n) is 12.5. The number of hydrogen-bond donors (Lipinski definition) is 2. The van der Waals surface area contributed by atoms with Gasteiger partial charge in [0.15, 0.2) is 5.96 Å². The largest absolute Gasteiger partial charge is 0.461 e. The Hall–Kier alpha value is -2.23. The summed E-state index contributed by atoms with van der Waals surface area (Å²) in [6.45, 7) is 1.98. The summed E-state index contributed by atoms with van der Waals surface area (Å²) in [7, 11) is 1.70. The lowest BCUT2D eigenvalue weighted by molar-refractivity contribution is 0.522. The smallest absolute Gasteiger partial charge is 0.188 e. The first-order valence-electron chi connectivity index (χ1n) is 7.33. The number of fused-ring (bicyclic) bond motifs is 1. The summed E-state index contributed by atoms with van der Waals surface area (Å²) in [6, 6.07) is 10.9. The van der Waals surface area contributed by atoms with Crippen LogP contribution in [-0.2, 0) is 12.8 Å². The molecule has 3 rings (SSSR count). The van der Waals surface area contributed by atoms with Crippen molar-refractivity contribution in [2.24, 2.45) is 10.7 Å². The Labute approximate surface area is 125 Å². The predicted octanol–water partition coefficient (Wildman–Crippen LogP) is 2.65. The van der Waals surface area contributed by atoms with E-state index in [4.69, 9.17) is 10.2 Å². The van der Waals surface area contributed by atoms with E-state index < -0.39 is 0 Å². The van der Waals surface area contributed by atoms with Crippen LogP contribution in [0.15, 0.2) is 39.7 Å². The Balaban J connectivity index is 1.88. The second-order valence-electron chi connectivity index (χ2n) is 5.55. The maximum Gasteiger partial charge on any atom is 0.188 e. The third kappa shape index (κ3) is 2.79. The standard InChI is InChI=1S/C17H21N3O/c1-11-6-9-16(21-11)15-5-3-4-12-10-13(7-8-14(12)15)20-17(18)19-2/h3-6,9,13H,7-8,10H2,1-2H3,(H3,18,19,20). The Kier molecular flexibility index (Phi) is 3.69. The van der Waals surface area contributed by atoms with Crippen LogP contribution in [0.25, 0.3) is 11.3 Å². The van der Waals surface area contributed by atoms with Crippen molar-refractivity contribution in [3.63, 3.8) is 0 Å². The lowest BCUT2D eigenvalue weighted by Gasteiger charge is -2.27. The predicted molar refractivity (Wildman–Crippen MR) is 85.4 cm³/mol. The Bertz CT molecular complexity index is 672. The first-order chi connectivity index (χ1) is 10.2. The highest BCUT2D eigenvalue weighted by atomic mass is 16.3. The van der Waals surface area contributed by atoms with Crippen molar-refractivity contribution in [1.29, 1.82) is 0 Å². The first-order valence-corrected chi connectivity index (χ1v) is 7.33. The van der Waals surface area contributed by atoms with E-state index in [1.807, 2.05) is 13.0 Å². The molecule has 1 heterocycles. The van der Waals surface area contributed by atoms with Gasteiger partial charge >= 0.3 is 0 Å². The average Bonchev–Trinajstić information content (AvgIpc) is 2.92. The number of rotatable bonds is 2. The fourth-order valence-corrected chi connectivity index (χ4v) is 3.01. The second kappa shape index (κ2) is 5.64. The molecule has 110 valence electrons. The zero-order valence-corrected chi connectivity index (χ0v) is 12.5. The van der Waals surface area contributed by atoms with Crippen LogP contribution in [0.3, 0.4) is 0 Å². The van der Waals surface area contributed by atoms with Gasteiger partial charge in [-0.1, -0.05) is 18.2 Å². The summed E-state index contributed by atoms with van der Waals surface area (Å²) in [4.78, 5) is 3.97. The summed E-state index contributed by atoms with van der Waals surface area (Å²) in [6.07, 6.45) is 3.05. The molecule has 1 aliphatic carbocycles. The monoisotopic (exact) mass is 283 g/mol. The van der Waals surface area contributed by atoms with Crippen LogP contribution < -0.4 is 11.1 Å². The van der Waals surface area contributed by atoms with Gasteiger partial charge in [0.25, 0.3) is 0 Å². The number of guanidine groups is 1. The SMILES string of the molecule is CN=C(N)NC1CCc2c(cccc2-c2ccc(C)o2)C1. The van der Waals surface area contributed by atoms with E-state index >= 15 is 0 Å². The van der Waals surface area contributed by atoms with E-state index in [9.17, 15) is 0 Å². The minimum absolute atomic E-state index is 0.356. The quantitative estimate of drug-likeness (QED) is 0.658.